The van der Waals surface area contributed by atoms with Gasteiger partial charge in [-0.1, -0.05) is 6.92 Å². The number of amides is 1. The Morgan fingerprint density at radius 1 is 1.47 bits per heavy atom. The highest BCUT2D eigenvalue weighted by molar-refractivity contribution is 5.95. The molecular formula is C13H18N2O2. The van der Waals surface area contributed by atoms with Crippen molar-refractivity contribution in [3.63, 3.8) is 0 Å². The van der Waals surface area contributed by atoms with Crippen LogP contribution in [0.15, 0.2) is 18.3 Å². The maximum Gasteiger partial charge on any atom is 0.276 e. The van der Waals surface area contributed by atoms with Gasteiger partial charge in [0.2, 0.25) is 0 Å². The number of likely N-dealkylation sites (tertiary alicyclic amines) is 1. The molecule has 1 fully saturated rings. The fourth-order valence-corrected chi connectivity index (χ4v) is 2.27. The van der Waals surface area contributed by atoms with Crippen molar-refractivity contribution in [2.24, 2.45) is 5.92 Å². The standard InChI is InChI=1S/C13H18N2O2/c1-9-5-6-10(2)15(8-9)13(17)12-11(16)4-3-7-14-12/h3-4,7,9-10,16H,5-6,8H2,1-2H3. The summed E-state index contributed by atoms with van der Waals surface area (Å²) in [5, 5.41) is 9.65. The van der Waals surface area contributed by atoms with Crippen LogP contribution in [0.3, 0.4) is 0 Å². The van der Waals surface area contributed by atoms with Gasteiger partial charge in [0, 0.05) is 18.8 Å². The summed E-state index contributed by atoms with van der Waals surface area (Å²) in [4.78, 5) is 18.1. The molecule has 0 saturated carbocycles. The second-order valence-corrected chi connectivity index (χ2v) is 4.86. The van der Waals surface area contributed by atoms with Crippen molar-refractivity contribution in [1.82, 2.24) is 9.88 Å². The van der Waals surface area contributed by atoms with E-state index in [9.17, 15) is 9.90 Å². The van der Waals surface area contributed by atoms with Crippen molar-refractivity contribution in [3.8, 4) is 5.75 Å². The van der Waals surface area contributed by atoms with Crippen LogP contribution in [0.2, 0.25) is 0 Å². The lowest BCUT2D eigenvalue weighted by Crippen LogP contribution is -2.45. The fraction of sp³-hybridized carbons (Fsp3) is 0.538. The SMILES string of the molecule is CC1CCC(C)N(C(=O)c2ncccc2O)C1. The van der Waals surface area contributed by atoms with Crippen molar-refractivity contribution in [3.05, 3.63) is 24.0 Å². The second kappa shape index (κ2) is 4.73. The average Bonchev–Trinajstić information content (AvgIpc) is 2.32. The molecular weight excluding hydrogens is 216 g/mol. The number of piperidine rings is 1. The zero-order valence-corrected chi connectivity index (χ0v) is 10.3. The van der Waals surface area contributed by atoms with Gasteiger partial charge in [0.1, 0.15) is 5.75 Å². The summed E-state index contributed by atoms with van der Waals surface area (Å²) in [6.07, 6.45) is 3.70. The van der Waals surface area contributed by atoms with E-state index in [0.717, 1.165) is 19.4 Å². The molecule has 1 saturated heterocycles. The lowest BCUT2D eigenvalue weighted by atomic mass is 9.95. The average molecular weight is 234 g/mol. The number of hydrogen-bond acceptors (Lipinski definition) is 3. The van der Waals surface area contributed by atoms with Crippen LogP contribution in [0.25, 0.3) is 0 Å². The van der Waals surface area contributed by atoms with E-state index in [-0.39, 0.29) is 23.4 Å². The minimum absolute atomic E-state index is 0.0390. The monoisotopic (exact) mass is 234 g/mol. The van der Waals surface area contributed by atoms with E-state index in [1.165, 1.54) is 12.3 Å². The zero-order chi connectivity index (χ0) is 12.4. The maximum absolute atomic E-state index is 12.3. The molecule has 2 rings (SSSR count). The van der Waals surface area contributed by atoms with E-state index in [0.29, 0.717) is 5.92 Å². The Morgan fingerprint density at radius 3 is 2.94 bits per heavy atom. The van der Waals surface area contributed by atoms with Crippen LogP contribution < -0.4 is 0 Å². The molecule has 1 aliphatic heterocycles. The Balaban J connectivity index is 2.22. The van der Waals surface area contributed by atoms with Crippen LogP contribution in [0.5, 0.6) is 5.75 Å². The zero-order valence-electron chi connectivity index (χ0n) is 10.3. The number of aromatic nitrogens is 1. The third kappa shape index (κ3) is 2.40. The van der Waals surface area contributed by atoms with Crippen LogP contribution in [0, 0.1) is 5.92 Å². The topological polar surface area (TPSA) is 53.4 Å². The Hall–Kier alpha value is -1.58. The molecule has 2 heterocycles. The van der Waals surface area contributed by atoms with Crippen LogP contribution in [-0.2, 0) is 0 Å². The highest BCUT2D eigenvalue weighted by Crippen LogP contribution is 2.24. The van der Waals surface area contributed by atoms with Gasteiger partial charge in [0.05, 0.1) is 0 Å². The number of pyridine rings is 1. The van der Waals surface area contributed by atoms with E-state index < -0.39 is 0 Å². The number of aromatic hydroxyl groups is 1. The third-order valence-electron chi connectivity index (χ3n) is 3.37. The molecule has 1 amide bonds. The van der Waals surface area contributed by atoms with E-state index >= 15 is 0 Å². The molecule has 2 atom stereocenters. The first-order valence-corrected chi connectivity index (χ1v) is 6.04. The van der Waals surface area contributed by atoms with Crippen molar-refractivity contribution in [2.45, 2.75) is 32.7 Å². The fourth-order valence-electron chi connectivity index (χ4n) is 2.27. The normalized spacial score (nSPS) is 24.7. The number of rotatable bonds is 1. The molecule has 4 heteroatoms. The second-order valence-electron chi connectivity index (χ2n) is 4.86. The summed E-state index contributed by atoms with van der Waals surface area (Å²) in [6, 6.07) is 3.34. The van der Waals surface area contributed by atoms with Gasteiger partial charge in [-0.25, -0.2) is 4.98 Å². The first-order chi connectivity index (χ1) is 8.09. The van der Waals surface area contributed by atoms with Crippen LogP contribution >= 0.6 is 0 Å². The van der Waals surface area contributed by atoms with Gasteiger partial charge in [-0.15, -0.1) is 0 Å². The summed E-state index contributed by atoms with van der Waals surface area (Å²) < 4.78 is 0. The summed E-state index contributed by atoms with van der Waals surface area (Å²) in [6.45, 7) is 4.93. The van der Waals surface area contributed by atoms with Crippen molar-refractivity contribution >= 4 is 5.91 Å². The number of hydrogen-bond donors (Lipinski definition) is 1. The number of carbonyl (C=O) groups is 1. The van der Waals surface area contributed by atoms with E-state index in [2.05, 4.69) is 11.9 Å². The number of nitrogens with zero attached hydrogens (tertiary/aromatic N) is 2. The molecule has 0 aromatic carbocycles. The van der Waals surface area contributed by atoms with Crippen LogP contribution in [0.1, 0.15) is 37.2 Å². The molecule has 1 N–H and O–H groups in total. The highest BCUT2D eigenvalue weighted by atomic mass is 16.3. The lowest BCUT2D eigenvalue weighted by molar-refractivity contribution is 0.0564. The molecule has 92 valence electrons. The van der Waals surface area contributed by atoms with Gasteiger partial charge in [-0.3, -0.25) is 4.79 Å². The van der Waals surface area contributed by atoms with E-state index in [4.69, 9.17) is 0 Å². The Bertz CT molecular complexity index is 420. The molecule has 4 nitrogen and oxygen atoms in total. The molecule has 2 unspecified atom stereocenters. The Labute approximate surface area is 101 Å². The van der Waals surface area contributed by atoms with Gasteiger partial charge in [0.15, 0.2) is 5.69 Å². The molecule has 0 aliphatic carbocycles. The Morgan fingerprint density at radius 2 is 2.24 bits per heavy atom. The number of carbonyl (C=O) groups excluding carboxylic acids is 1. The summed E-state index contributed by atoms with van der Waals surface area (Å²) >= 11 is 0. The van der Waals surface area contributed by atoms with Crippen molar-refractivity contribution < 1.29 is 9.90 Å². The predicted octanol–water partition coefficient (Wildman–Crippen LogP) is 2.05. The van der Waals surface area contributed by atoms with Gasteiger partial charge in [0.25, 0.3) is 5.91 Å². The quantitative estimate of drug-likeness (QED) is 0.809. The third-order valence-corrected chi connectivity index (χ3v) is 3.37. The Kier molecular flexibility index (Phi) is 3.31. The minimum Gasteiger partial charge on any atom is -0.505 e. The molecule has 0 radical (unpaired) electrons. The van der Waals surface area contributed by atoms with Crippen LogP contribution in [0.4, 0.5) is 0 Å². The van der Waals surface area contributed by atoms with Gasteiger partial charge in [-0.2, -0.15) is 0 Å². The molecule has 0 spiro atoms. The highest BCUT2D eigenvalue weighted by Gasteiger charge is 2.29. The summed E-state index contributed by atoms with van der Waals surface area (Å²) in [5.41, 5.74) is 0.161. The largest absolute Gasteiger partial charge is 0.505 e. The first-order valence-electron chi connectivity index (χ1n) is 6.04. The summed E-state index contributed by atoms with van der Waals surface area (Å²) in [5.74, 6) is 0.311. The van der Waals surface area contributed by atoms with Gasteiger partial charge >= 0.3 is 0 Å². The molecule has 1 aromatic rings. The minimum atomic E-state index is -0.165. The predicted molar refractivity (Wildman–Crippen MR) is 64.8 cm³/mol. The van der Waals surface area contributed by atoms with Crippen LogP contribution in [-0.4, -0.2) is 33.5 Å². The molecule has 0 bridgehead atoms. The van der Waals surface area contributed by atoms with Crippen molar-refractivity contribution in [2.75, 3.05) is 6.54 Å². The van der Waals surface area contributed by atoms with Gasteiger partial charge in [-0.05, 0) is 37.8 Å². The maximum atomic E-state index is 12.3. The molecule has 1 aliphatic rings. The van der Waals surface area contributed by atoms with E-state index in [1.54, 1.807) is 6.07 Å². The lowest BCUT2D eigenvalue weighted by Gasteiger charge is -2.36. The van der Waals surface area contributed by atoms with E-state index in [1.807, 2.05) is 11.8 Å². The van der Waals surface area contributed by atoms with Crippen molar-refractivity contribution in [1.29, 1.82) is 0 Å². The molecule has 1 aromatic heterocycles. The van der Waals surface area contributed by atoms with Gasteiger partial charge < -0.3 is 10.0 Å². The molecule has 17 heavy (non-hydrogen) atoms. The smallest absolute Gasteiger partial charge is 0.276 e. The summed E-state index contributed by atoms with van der Waals surface area (Å²) in [7, 11) is 0. The first kappa shape index (κ1) is 11.9.